The van der Waals surface area contributed by atoms with Crippen LogP contribution in [0.1, 0.15) is 45.6 Å². The summed E-state index contributed by atoms with van der Waals surface area (Å²) in [4.78, 5) is 91.3. The van der Waals surface area contributed by atoms with E-state index in [1.807, 2.05) is 13.8 Å². The van der Waals surface area contributed by atoms with Crippen LogP contribution in [0.15, 0.2) is 35.3 Å². The number of carbonyl (C=O) groups is 7. The first-order valence-corrected chi connectivity index (χ1v) is 16.6. The molecule has 0 aliphatic heterocycles. The molecule has 0 heterocycles. The third kappa shape index (κ3) is 17.5. The number of carboxylic acid groups (broad SMARTS) is 1. The molecule has 0 bridgehead atoms. The van der Waals surface area contributed by atoms with Gasteiger partial charge in [-0.25, -0.2) is 4.79 Å². The van der Waals surface area contributed by atoms with Gasteiger partial charge >= 0.3 is 5.97 Å². The second-order valence-electron chi connectivity index (χ2n) is 11.9. The molecule has 0 aromatic heterocycles. The summed E-state index contributed by atoms with van der Waals surface area (Å²) >= 11 is 4.14. The highest BCUT2D eigenvalue weighted by Gasteiger charge is 2.29. The number of aliphatic imine (C=N–C) groups is 1. The van der Waals surface area contributed by atoms with Crippen LogP contribution in [0.5, 0.6) is 0 Å². The summed E-state index contributed by atoms with van der Waals surface area (Å²) < 4.78 is 0. The van der Waals surface area contributed by atoms with Crippen LogP contribution < -0.4 is 49.1 Å². The summed E-state index contributed by atoms with van der Waals surface area (Å²) in [6.07, 6.45) is 0.933. The topological polar surface area (TPSA) is 302 Å². The third-order valence-corrected chi connectivity index (χ3v) is 7.36. The van der Waals surface area contributed by atoms with Gasteiger partial charge in [0.05, 0.1) is 19.1 Å². The third-order valence-electron chi connectivity index (χ3n) is 7.00. The monoisotopic (exact) mass is 722 g/mol. The zero-order valence-corrected chi connectivity index (χ0v) is 29.3. The van der Waals surface area contributed by atoms with Crippen LogP contribution in [0.2, 0.25) is 0 Å². The molecule has 0 aliphatic carbocycles. The van der Waals surface area contributed by atoms with Crippen LogP contribution >= 0.6 is 12.6 Å². The molecule has 18 nitrogen and oxygen atoms in total. The molecule has 0 saturated carbocycles. The smallest absolute Gasteiger partial charge is 0.326 e. The fraction of sp³-hybridized carbons (Fsp3) is 0.548. The lowest BCUT2D eigenvalue weighted by molar-refractivity contribution is -0.142. The average Bonchev–Trinajstić information content (AvgIpc) is 3.06. The number of hydrogen-bond donors (Lipinski definition) is 11. The number of rotatable bonds is 22. The van der Waals surface area contributed by atoms with E-state index >= 15 is 0 Å². The van der Waals surface area contributed by atoms with E-state index in [1.54, 1.807) is 30.3 Å². The van der Waals surface area contributed by atoms with Crippen LogP contribution in [-0.2, 0) is 40.0 Å². The number of nitrogens with one attached hydrogen (secondary N) is 6. The zero-order valence-electron chi connectivity index (χ0n) is 28.4. The molecule has 5 atom stereocenters. The molecule has 19 heteroatoms. The largest absolute Gasteiger partial charge is 0.480 e. The van der Waals surface area contributed by atoms with E-state index in [2.05, 4.69) is 49.5 Å². The lowest BCUT2D eigenvalue weighted by atomic mass is 10.0. The molecule has 50 heavy (non-hydrogen) atoms. The van der Waals surface area contributed by atoms with Gasteiger partial charge in [-0.2, -0.15) is 12.6 Å². The molecule has 0 spiro atoms. The van der Waals surface area contributed by atoms with E-state index < -0.39 is 84.7 Å². The van der Waals surface area contributed by atoms with Gasteiger partial charge in [-0.3, -0.25) is 33.8 Å². The highest BCUT2D eigenvalue weighted by Crippen LogP contribution is 2.07. The Hall–Kier alpha value is -4.91. The van der Waals surface area contributed by atoms with Crippen LogP contribution in [0, 0.1) is 5.92 Å². The number of hydrogen-bond acceptors (Lipinski definition) is 10. The summed E-state index contributed by atoms with van der Waals surface area (Å²) in [7, 11) is 0. The summed E-state index contributed by atoms with van der Waals surface area (Å²) in [5, 5.41) is 24.2. The quantitative estimate of drug-likeness (QED) is 0.0246. The van der Waals surface area contributed by atoms with Crippen molar-refractivity contribution in [1.29, 1.82) is 0 Å². The van der Waals surface area contributed by atoms with Crippen molar-refractivity contribution < 1.29 is 38.7 Å². The molecular weight excluding hydrogens is 672 g/mol. The predicted octanol–water partition coefficient (Wildman–Crippen LogP) is -3.14. The Morgan fingerprint density at radius 2 is 1.38 bits per heavy atom. The van der Waals surface area contributed by atoms with Gasteiger partial charge < -0.3 is 54.2 Å². The highest BCUT2D eigenvalue weighted by molar-refractivity contribution is 7.80. The van der Waals surface area contributed by atoms with E-state index in [1.165, 1.54) is 6.92 Å². The molecule has 0 saturated heterocycles. The summed E-state index contributed by atoms with van der Waals surface area (Å²) in [6.45, 7) is 4.33. The minimum atomic E-state index is -1.25. The molecule has 1 aromatic rings. The summed E-state index contributed by atoms with van der Waals surface area (Å²) in [6, 6.07) is 3.09. The molecule has 278 valence electrons. The van der Waals surface area contributed by atoms with E-state index in [-0.39, 0.29) is 36.9 Å². The summed E-state index contributed by atoms with van der Waals surface area (Å²) in [5.41, 5.74) is 17.0. The van der Waals surface area contributed by atoms with Gasteiger partial charge in [0, 0.05) is 18.7 Å². The molecule has 1 aromatic carbocycles. The van der Waals surface area contributed by atoms with Crippen LogP contribution in [0.25, 0.3) is 0 Å². The fourth-order valence-corrected chi connectivity index (χ4v) is 4.59. The number of nitrogens with zero attached hydrogens (tertiary/aromatic N) is 1. The number of aliphatic carboxylic acids is 1. The Bertz CT molecular complexity index is 1340. The molecule has 13 N–H and O–H groups in total. The van der Waals surface area contributed by atoms with E-state index in [0.717, 1.165) is 0 Å². The van der Waals surface area contributed by atoms with Gasteiger partial charge in [-0.1, -0.05) is 44.2 Å². The molecule has 1 rings (SSSR count). The zero-order chi connectivity index (χ0) is 37.8. The van der Waals surface area contributed by atoms with Crippen LogP contribution in [0.3, 0.4) is 0 Å². The molecule has 6 amide bonds. The van der Waals surface area contributed by atoms with E-state index in [9.17, 15) is 38.7 Å². The first-order valence-electron chi connectivity index (χ1n) is 16.0. The Labute approximate surface area is 296 Å². The number of nitrogens with two attached hydrogens (primary N) is 3. The first-order chi connectivity index (χ1) is 23.5. The lowest BCUT2D eigenvalue weighted by Crippen LogP contribution is -2.58. The van der Waals surface area contributed by atoms with Gasteiger partial charge in [-0.15, -0.1) is 0 Å². The minimum absolute atomic E-state index is 0.0272. The summed E-state index contributed by atoms with van der Waals surface area (Å²) in [5.74, 6) is -5.73. The maximum absolute atomic E-state index is 13.2. The number of carboxylic acids is 1. The van der Waals surface area contributed by atoms with Crippen molar-refractivity contribution in [2.24, 2.45) is 28.1 Å². The van der Waals surface area contributed by atoms with Gasteiger partial charge in [0.15, 0.2) is 5.96 Å². The van der Waals surface area contributed by atoms with Crippen molar-refractivity contribution in [1.82, 2.24) is 31.9 Å². The van der Waals surface area contributed by atoms with Gasteiger partial charge in [0.1, 0.15) is 24.2 Å². The van der Waals surface area contributed by atoms with Gasteiger partial charge in [-0.05, 0) is 37.7 Å². The molecule has 0 radical (unpaired) electrons. The Morgan fingerprint density at radius 1 is 0.780 bits per heavy atom. The second-order valence-corrected chi connectivity index (χ2v) is 12.2. The van der Waals surface area contributed by atoms with Gasteiger partial charge in [0.25, 0.3) is 0 Å². The van der Waals surface area contributed by atoms with Crippen molar-refractivity contribution in [2.75, 3.05) is 25.4 Å². The van der Waals surface area contributed by atoms with Crippen LogP contribution in [-0.4, -0.2) is 108 Å². The minimum Gasteiger partial charge on any atom is -0.480 e. The van der Waals surface area contributed by atoms with Crippen LogP contribution in [0.4, 0.5) is 0 Å². The molecule has 0 unspecified atom stereocenters. The number of guanidine groups is 1. The van der Waals surface area contributed by atoms with Crippen molar-refractivity contribution in [3.05, 3.63) is 35.9 Å². The van der Waals surface area contributed by atoms with E-state index in [0.29, 0.717) is 18.5 Å². The Morgan fingerprint density at radius 3 is 1.96 bits per heavy atom. The number of amides is 6. The molecular formula is C31H50N10O8S. The highest BCUT2D eigenvalue weighted by atomic mass is 32.1. The Kier molecular flexibility index (Phi) is 19.5. The second kappa shape index (κ2) is 22.7. The number of benzene rings is 1. The normalized spacial score (nSPS) is 13.7. The Balaban J connectivity index is 2.66. The maximum Gasteiger partial charge on any atom is 0.326 e. The maximum atomic E-state index is 13.2. The molecule has 0 fully saturated rings. The van der Waals surface area contributed by atoms with Crippen molar-refractivity contribution in [2.45, 2.75) is 76.7 Å². The lowest BCUT2D eigenvalue weighted by Gasteiger charge is -2.25. The molecule has 0 aliphatic rings. The number of thiol groups is 1. The number of carbonyl (C=O) groups excluding carboxylic acids is 6. The van der Waals surface area contributed by atoms with Crippen molar-refractivity contribution in [3.63, 3.8) is 0 Å². The predicted molar refractivity (Wildman–Crippen MR) is 188 cm³/mol. The fourth-order valence-electron chi connectivity index (χ4n) is 4.33. The van der Waals surface area contributed by atoms with Crippen molar-refractivity contribution in [3.8, 4) is 0 Å². The first kappa shape index (κ1) is 43.1. The SMILES string of the molecule is CC(C)C[C@H](NC(=O)CNC(=O)CNC(=O)[C@@H](N)CCCN=C(N)N)C(=O)N[C@@H](CS)C(=O)N[C@@H](C)C(=O)N[C@@H](Cc1ccccc1)C(=O)O. The van der Waals surface area contributed by atoms with Crippen molar-refractivity contribution >= 4 is 60.0 Å². The van der Waals surface area contributed by atoms with E-state index in [4.69, 9.17) is 17.2 Å². The average molecular weight is 723 g/mol. The van der Waals surface area contributed by atoms with Gasteiger partial charge in [0.2, 0.25) is 35.4 Å². The standard InChI is InChI=1S/C31H50N10O8S/c1-17(2)12-21(39-25(43)15-36-24(42)14-37-27(45)20(32)10-7-11-35-31(33)34)28(46)41-23(16-50)29(47)38-18(3)26(44)40-22(30(48)49)13-19-8-5-4-6-9-19/h4-6,8-9,17-18,20-23,50H,7,10-16,32H2,1-3H3,(H,36,42)(H,37,45)(H,38,47)(H,39,43)(H,40,44)(H,41,46)(H,48,49)(H4,33,34,35)/t18-,20-,21-,22-,23-/m0/s1.